The molecule has 0 aromatic heterocycles. The molecular formula is C22H40O2. The zero-order valence-corrected chi connectivity index (χ0v) is 16.0. The highest BCUT2D eigenvalue weighted by Gasteiger charge is 1.93. The van der Waals surface area contributed by atoms with E-state index in [2.05, 4.69) is 13.0 Å². The molecule has 2 heteroatoms. The summed E-state index contributed by atoms with van der Waals surface area (Å²) < 4.78 is 0. The van der Waals surface area contributed by atoms with Crippen LogP contribution in [0.3, 0.4) is 0 Å². The van der Waals surface area contributed by atoms with Gasteiger partial charge in [0.25, 0.3) is 0 Å². The van der Waals surface area contributed by atoms with Crippen LogP contribution < -0.4 is 0 Å². The van der Waals surface area contributed by atoms with Gasteiger partial charge < -0.3 is 5.11 Å². The Kier molecular flexibility index (Phi) is 19.1. The van der Waals surface area contributed by atoms with Crippen LogP contribution in [0, 0.1) is 0 Å². The van der Waals surface area contributed by atoms with Crippen molar-refractivity contribution in [2.24, 2.45) is 0 Å². The SMILES string of the molecule is CCCCCCCCCCCCCCCCC=CC=CCC(=O)O. The van der Waals surface area contributed by atoms with Gasteiger partial charge >= 0.3 is 5.97 Å². The summed E-state index contributed by atoms with van der Waals surface area (Å²) >= 11 is 0. The Hall–Kier alpha value is -1.05. The van der Waals surface area contributed by atoms with E-state index < -0.39 is 5.97 Å². The molecule has 0 aliphatic heterocycles. The van der Waals surface area contributed by atoms with E-state index in [1.54, 1.807) is 6.08 Å². The van der Waals surface area contributed by atoms with Gasteiger partial charge in [-0.1, -0.05) is 115 Å². The lowest BCUT2D eigenvalue weighted by Gasteiger charge is -2.02. The third-order valence-electron chi connectivity index (χ3n) is 4.40. The average Bonchev–Trinajstić information content (AvgIpc) is 2.56. The first-order valence-corrected chi connectivity index (χ1v) is 10.3. The Morgan fingerprint density at radius 2 is 1.08 bits per heavy atom. The lowest BCUT2D eigenvalue weighted by molar-refractivity contribution is -0.136. The van der Waals surface area contributed by atoms with Crippen LogP contribution in [0.2, 0.25) is 0 Å². The molecule has 24 heavy (non-hydrogen) atoms. The molecule has 0 aromatic carbocycles. The predicted molar refractivity (Wildman–Crippen MR) is 105 cm³/mol. The number of carbonyl (C=O) groups is 1. The largest absolute Gasteiger partial charge is 0.481 e. The molecule has 0 saturated carbocycles. The van der Waals surface area contributed by atoms with Crippen LogP contribution in [0.4, 0.5) is 0 Å². The van der Waals surface area contributed by atoms with E-state index in [1.807, 2.05) is 12.2 Å². The van der Waals surface area contributed by atoms with Crippen LogP contribution in [0.1, 0.15) is 110 Å². The fraction of sp³-hybridized carbons (Fsp3) is 0.773. The van der Waals surface area contributed by atoms with Crippen molar-refractivity contribution in [1.82, 2.24) is 0 Å². The molecule has 140 valence electrons. The van der Waals surface area contributed by atoms with Crippen LogP contribution in [-0.2, 0) is 4.79 Å². The van der Waals surface area contributed by atoms with Gasteiger partial charge in [-0.05, 0) is 12.8 Å². The summed E-state index contributed by atoms with van der Waals surface area (Å²) in [6.45, 7) is 2.28. The molecule has 0 aliphatic carbocycles. The average molecular weight is 337 g/mol. The molecule has 0 rings (SSSR count). The van der Waals surface area contributed by atoms with Crippen LogP contribution in [0.5, 0.6) is 0 Å². The zero-order valence-electron chi connectivity index (χ0n) is 16.0. The number of carboxylic acids is 1. The number of hydrogen-bond acceptors (Lipinski definition) is 1. The fourth-order valence-electron chi connectivity index (χ4n) is 2.88. The number of allylic oxidation sites excluding steroid dienone is 3. The predicted octanol–water partition coefficient (Wildman–Crippen LogP) is 7.44. The van der Waals surface area contributed by atoms with Crippen molar-refractivity contribution in [2.45, 2.75) is 110 Å². The summed E-state index contributed by atoms with van der Waals surface area (Å²) in [5.41, 5.74) is 0. The number of hydrogen-bond donors (Lipinski definition) is 1. The Morgan fingerprint density at radius 3 is 1.54 bits per heavy atom. The van der Waals surface area contributed by atoms with Gasteiger partial charge in [-0.25, -0.2) is 0 Å². The van der Waals surface area contributed by atoms with Gasteiger partial charge in [0.1, 0.15) is 0 Å². The van der Waals surface area contributed by atoms with Crippen LogP contribution in [0.25, 0.3) is 0 Å². The summed E-state index contributed by atoms with van der Waals surface area (Å²) in [6.07, 6.45) is 28.4. The maximum absolute atomic E-state index is 10.3. The minimum Gasteiger partial charge on any atom is -0.481 e. The molecule has 0 atom stereocenters. The third kappa shape index (κ3) is 20.9. The van der Waals surface area contributed by atoms with E-state index in [1.165, 1.54) is 89.9 Å². The monoisotopic (exact) mass is 336 g/mol. The standard InChI is InChI=1S/C22H40O2/c1-2-3-4-5-6-7-8-9-10-11-12-13-14-15-16-17-18-19-20-21-22(23)24/h17-20H,2-16,21H2,1H3,(H,23,24). The van der Waals surface area contributed by atoms with Crippen molar-refractivity contribution in [2.75, 3.05) is 0 Å². The molecule has 0 fully saturated rings. The van der Waals surface area contributed by atoms with E-state index in [0.717, 1.165) is 6.42 Å². The van der Waals surface area contributed by atoms with E-state index >= 15 is 0 Å². The van der Waals surface area contributed by atoms with Gasteiger partial charge in [0.05, 0.1) is 6.42 Å². The van der Waals surface area contributed by atoms with Gasteiger partial charge in [0.15, 0.2) is 0 Å². The Balaban J connectivity index is 3.11. The van der Waals surface area contributed by atoms with Crippen molar-refractivity contribution in [3.63, 3.8) is 0 Å². The number of unbranched alkanes of at least 4 members (excludes halogenated alkanes) is 14. The highest BCUT2D eigenvalue weighted by atomic mass is 16.4. The minimum atomic E-state index is -0.772. The Morgan fingerprint density at radius 1 is 0.667 bits per heavy atom. The van der Waals surface area contributed by atoms with Gasteiger partial charge in [-0.2, -0.15) is 0 Å². The first-order valence-electron chi connectivity index (χ1n) is 10.3. The Bertz CT molecular complexity index is 318. The summed E-state index contributed by atoms with van der Waals surface area (Å²) in [4.78, 5) is 10.3. The highest BCUT2D eigenvalue weighted by molar-refractivity contribution is 5.68. The van der Waals surface area contributed by atoms with Gasteiger partial charge in [-0.3, -0.25) is 4.79 Å². The maximum Gasteiger partial charge on any atom is 0.307 e. The van der Waals surface area contributed by atoms with Crippen molar-refractivity contribution in [1.29, 1.82) is 0 Å². The Labute approximate surface area is 150 Å². The molecule has 0 amide bonds. The van der Waals surface area contributed by atoms with E-state index in [9.17, 15) is 4.79 Å². The molecule has 0 radical (unpaired) electrons. The lowest BCUT2D eigenvalue weighted by atomic mass is 10.0. The second-order valence-electron chi connectivity index (χ2n) is 6.84. The summed E-state index contributed by atoms with van der Waals surface area (Å²) in [5.74, 6) is -0.772. The lowest BCUT2D eigenvalue weighted by Crippen LogP contribution is -1.89. The molecule has 2 nitrogen and oxygen atoms in total. The number of carboxylic acid groups (broad SMARTS) is 1. The molecule has 0 aliphatic rings. The van der Waals surface area contributed by atoms with E-state index in [0.29, 0.717) is 0 Å². The first-order chi connectivity index (χ1) is 11.8. The zero-order chi connectivity index (χ0) is 17.7. The van der Waals surface area contributed by atoms with Gasteiger partial charge in [0, 0.05) is 0 Å². The molecule has 0 saturated heterocycles. The normalized spacial score (nSPS) is 11.7. The summed E-state index contributed by atoms with van der Waals surface area (Å²) in [6, 6.07) is 0. The van der Waals surface area contributed by atoms with Crippen molar-refractivity contribution in [3.05, 3.63) is 24.3 Å². The fourth-order valence-corrected chi connectivity index (χ4v) is 2.88. The third-order valence-corrected chi connectivity index (χ3v) is 4.40. The molecule has 0 heterocycles. The summed E-state index contributed by atoms with van der Waals surface area (Å²) in [7, 11) is 0. The van der Waals surface area contributed by atoms with Crippen LogP contribution in [0.15, 0.2) is 24.3 Å². The van der Waals surface area contributed by atoms with Crippen molar-refractivity contribution in [3.8, 4) is 0 Å². The first kappa shape index (κ1) is 22.9. The van der Waals surface area contributed by atoms with Gasteiger partial charge in [-0.15, -0.1) is 0 Å². The van der Waals surface area contributed by atoms with Crippen LogP contribution in [-0.4, -0.2) is 11.1 Å². The van der Waals surface area contributed by atoms with Crippen molar-refractivity contribution < 1.29 is 9.90 Å². The number of rotatable bonds is 18. The van der Waals surface area contributed by atoms with Crippen LogP contribution >= 0.6 is 0 Å². The smallest absolute Gasteiger partial charge is 0.307 e. The second-order valence-corrected chi connectivity index (χ2v) is 6.84. The second kappa shape index (κ2) is 20.0. The molecule has 1 N–H and O–H groups in total. The van der Waals surface area contributed by atoms with Gasteiger partial charge in [0.2, 0.25) is 0 Å². The minimum absolute atomic E-state index is 0.114. The quantitative estimate of drug-likeness (QED) is 0.208. The van der Waals surface area contributed by atoms with E-state index in [4.69, 9.17) is 5.11 Å². The molecule has 0 bridgehead atoms. The highest BCUT2D eigenvalue weighted by Crippen LogP contribution is 2.13. The van der Waals surface area contributed by atoms with E-state index in [-0.39, 0.29) is 6.42 Å². The summed E-state index contributed by atoms with van der Waals surface area (Å²) in [5, 5.41) is 8.48. The van der Waals surface area contributed by atoms with Crippen molar-refractivity contribution >= 4 is 5.97 Å². The topological polar surface area (TPSA) is 37.3 Å². The maximum atomic E-state index is 10.3. The molecule has 0 spiro atoms. The molecule has 0 aromatic rings. The molecular weight excluding hydrogens is 296 g/mol. The molecule has 0 unspecified atom stereocenters. The number of aliphatic carboxylic acids is 1.